The van der Waals surface area contributed by atoms with E-state index in [1.807, 2.05) is 54.1 Å². The molecule has 0 saturated carbocycles. The largest absolute Gasteiger partial charge is 0.395 e. The lowest BCUT2D eigenvalue weighted by Crippen LogP contribution is -2.07. The van der Waals surface area contributed by atoms with Crippen molar-refractivity contribution < 1.29 is 5.11 Å². The molecule has 6 heteroatoms. The van der Waals surface area contributed by atoms with E-state index in [9.17, 15) is 0 Å². The average Bonchev–Trinajstić information content (AvgIpc) is 2.96. The number of aliphatic hydroxyl groups excluding tert-OH is 1. The molecule has 0 spiro atoms. The van der Waals surface area contributed by atoms with Crippen molar-refractivity contribution in [2.45, 2.75) is 6.92 Å². The molecule has 1 aromatic carbocycles. The van der Waals surface area contributed by atoms with Crippen LogP contribution >= 0.6 is 11.6 Å². The van der Waals surface area contributed by atoms with Gasteiger partial charge in [0.25, 0.3) is 0 Å². The number of hydrogen-bond acceptors (Lipinski definition) is 4. The molecule has 2 N–H and O–H groups in total. The van der Waals surface area contributed by atoms with E-state index in [4.69, 9.17) is 16.7 Å². The first-order valence-corrected chi connectivity index (χ1v) is 7.69. The zero-order chi connectivity index (χ0) is 16.2. The van der Waals surface area contributed by atoms with E-state index in [-0.39, 0.29) is 6.61 Å². The van der Waals surface area contributed by atoms with Gasteiger partial charge in [0.2, 0.25) is 0 Å². The molecular weight excluding hydrogens is 312 g/mol. The zero-order valence-corrected chi connectivity index (χ0v) is 13.5. The monoisotopic (exact) mass is 328 g/mol. The number of nitrogens with one attached hydrogen (secondary N) is 1. The van der Waals surface area contributed by atoms with Crippen LogP contribution in [0.15, 0.2) is 48.7 Å². The van der Waals surface area contributed by atoms with Gasteiger partial charge >= 0.3 is 0 Å². The number of halogens is 1. The fourth-order valence-corrected chi connectivity index (χ4v) is 2.48. The first-order chi connectivity index (χ1) is 11.2. The molecule has 0 aliphatic carbocycles. The molecule has 118 valence electrons. The number of nitrogens with zero attached hydrogens (tertiary/aromatic N) is 3. The summed E-state index contributed by atoms with van der Waals surface area (Å²) >= 11 is 5.96. The smallest absolute Gasteiger partial charge is 0.126 e. The average molecular weight is 329 g/mol. The van der Waals surface area contributed by atoms with Crippen molar-refractivity contribution in [1.29, 1.82) is 0 Å². The quantitative estimate of drug-likeness (QED) is 0.754. The third kappa shape index (κ3) is 3.52. The highest BCUT2D eigenvalue weighted by atomic mass is 35.5. The maximum atomic E-state index is 8.92. The fraction of sp³-hybridized carbons (Fsp3) is 0.176. The minimum atomic E-state index is 0.0632. The van der Waals surface area contributed by atoms with Gasteiger partial charge in [-0.3, -0.25) is 0 Å². The summed E-state index contributed by atoms with van der Waals surface area (Å²) in [7, 11) is 0. The Morgan fingerprint density at radius 1 is 1.17 bits per heavy atom. The maximum absolute atomic E-state index is 8.92. The van der Waals surface area contributed by atoms with E-state index < -0.39 is 0 Å². The molecular formula is C17H17ClN4O. The maximum Gasteiger partial charge on any atom is 0.126 e. The van der Waals surface area contributed by atoms with E-state index in [1.165, 1.54) is 0 Å². The Bertz CT molecular complexity index is 799. The highest BCUT2D eigenvalue weighted by molar-refractivity contribution is 6.30. The second kappa shape index (κ2) is 6.81. The highest BCUT2D eigenvalue weighted by Gasteiger charge is 2.11. The molecule has 3 aromatic rings. The van der Waals surface area contributed by atoms with Gasteiger partial charge in [-0.2, -0.15) is 5.10 Å². The van der Waals surface area contributed by atoms with E-state index in [0.717, 1.165) is 28.5 Å². The van der Waals surface area contributed by atoms with Gasteiger partial charge in [-0.05, 0) is 49.4 Å². The summed E-state index contributed by atoms with van der Waals surface area (Å²) in [6.07, 6.45) is 1.74. The van der Waals surface area contributed by atoms with Gasteiger partial charge < -0.3 is 10.4 Å². The number of benzene rings is 1. The number of anilines is 1. The van der Waals surface area contributed by atoms with Crippen LogP contribution in [0, 0.1) is 6.92 Å². The van der Waals surface area contributed by atoms with Crippen molar-refractivity contribution in [3.63, 3.8) is 0 Å². The van der Waals surface area contributed by atoms with E-state index in [1.54, 1.807) is 6.20 Å². The molecule has 2 heterocycles. The van der Waals surface area contributed by atoms with Gasteiger partial charge in [0.05, 0.1) is 23.7 Å². The topological polar surface area (TPSA) is 63.0 Å². The van der Waals surface area contributed by atoms with Gasteiger partial charge in [-0.15, -0.1) is 0 Å². The van der Waals surface area contributed by atoms with Gasteiger partial charge in [0.1, 0.15) is 5.82 Å². The van der Waals surface area contributed by atoms with Crippen molar-refractivity contribution in [3.05, 3.63) is 59.4 Å². The molecule has 0 unspecified atom stereocenters. The van der Waals surface area contributed by atoms with Crippen LogP contribution in [0.25, 0.3) is 16.9 Å². The lowest BCUT2D eigenvalue weighted by molar-refractivity contribution is 0.311. The van der Waals surface area contributed by atoms with Crippen molar-refractivity contribution in [2.75, 3.05) is 18.5 Å². The molecule has 0 aliphatic heterocycles. The first kappa shape index (κ1) is 15.5. The first-order valence-electron chi connectivity index (χ1n) is 7.31. The molecule has 0 fully saturated rings. The van der Waals surface area contributed by atoms with Crippen molar-refractivity contribution in [2.24, 2.45) is 0 Å². The SMILES string of the molecule is Cc1cc(-c2ccnc(NCCO)c2)n(-c2ccc(Cl)cc2)n1. The van der Waals surface area contributed by atoms with Crippen LogP contribution in [0.4, 0.5) is 5.82 Å². The number of hydrogen-bond donors (Lipinski definition) is 2. The molecule has 0 radical (unpaired) electrons. The van der Waals surface area contributed by atoms with Crippen molar-refractivity contribution in [1.82, 2.24) is 14.8 Å². The van der Waals surface area contributed by atoms with Crippen molar-refractivity contribution >= 4 is 17.4 Å². The number of rotatable bonds is 5. The lowest BCUT2D eigenvalue weighted by atomic mass is 10.1. The Balaban J connectivity index is 2.02. The lowest BCUT2D eigenvalue weighted by Gasteiger charge is -2.09. The van der Waals surface area contributed by atoms with E-state index in [2.05, 4.69) is 15.4 Å². The fourth-order valence-electron chi connectivity index (χ4n) is 2.35. The van der Waals surface area contributed by atoms with E-state index >= 15 is 0 Å². The molecule has 3 rings (SSSR count). The Morgan fingerprint density at radius 3 is 2.70 bits per heavy atom. The number of aryl methyl sites for hydroxylation is 1. The Kier molecular flexibility index (Phi) is 4.60. The Morgan fingerprint density at radius 2 is 1.96 bits per heavy atom. The standard InChI is InChI=1S/C17H17ClN4O/c1-12-10-16(13-6-7-19-17(11-13)20-8-9-23)22(21-12)15-4-2-14(18)3-5-15/h2-7,10-11,23H,8-9H2,1H3,(H,19,20). The van der Waals surface area contributed by atoms with E-state index in [0.29, 0.717) is 11.6 Å². The molecule has 0 atom stereocenters. The third-order valence-corrected chi connectivity index (χ3v) is 3.63. The van der Waals surface area contributed by atoms with Gasteiger partial charge in [0.15, 0.2) is 0 Å². The summed E-state index contributed by atoms with van der Waals surface area (Å²) in [6.45, 7) is 2.49. The summed E-state index contributed by atoms with van der Waals surface area (Å²) in [5.74, 6) is 0.720. The summed E-state index contributed by atoms with van der Waals surface area (Å²) in [5, 5.41) is 17.3. The van der Waals surface area contributed by atoms with Crippen molar-refractivity contribution in [3.8, 4) is 16.9 Å². The Labute approximate surface area is 139 Å². The van der Waals surface area contributed by atoms with Crippen LogP contribution in [0.1, 0.15) is 5.69 Å². The molecule has 0 aliphatic rings. The molecule has 0 bridgehead atoms. The second-order valence-electron chi connectivity index (χ2n) is 5.14. The molecule has 5 nitrogen and oxygen atoms in total. The van der Waals surface area contributed by atoms with Gasteiger partial charge in [-0.25, -0.2) is 9.67 Å². The minimum Gasteiger partial charge on any atom is -0.395 e. The van der Waals surface area contributed by atoms with Gasteiger partial charge in [0, 0.05) is 23.3 Å². The summed E-state index contributed by atoms with van der Waals surface area (Å²) in [4.78, 5) is 4.25. The molecule has 0 saturated heterocycles. The Hall–Kier alpha value is -2.37. The second-order valence-corrected chi connectivity index (χ2v) is 5.58. The summed E-state index contributed by atoms with van der Waals surface area (Å²) in [6, 6.07) is 13.5. The van der Waals surface area contributed by atoms with Crippen LogP contribution in [0.2, 0.25) is 5.02 Å². The summed E-state index contributed by atoms with van der Waals surface area (Å²) in [5.41, 5.74) is 3.84. The highest BCUT2D eigenvalue weighted by Crippen LogP contribution is 2.25. The zero-order valence-electron chi connectivity index (χ0n) is 12.7. The predicted octanol–water partition coefficient (Wildman–Crippen LogP) is 3.30. The van der Waals surface area contributed by atoms with Crippen LogP contribution in [0.3, 0.4) is 0 Å². The molecule has 0 amide bonds. The van der Waals surface area contributed by atoms with Crippen LogP contribution in [-0.2, 0) is 0 Å². The van der Waals surface area contributed by atoms with Crippen LogP contribution in [0.5, 0.6) is 0 Å². The number of aliphatic hydroxyl groups is 1. The van der Waals surface area contributed by atoms with Crippen LogP contribution in [-0.4, -0.2) is 33.0 Å². The van der Waals surface area contributed by atoms with Crippen LogP contribution < -0.4 is 5.32 Å². The molecule has 2 aromatic heterocycles. The third-order valence-electron chi connectivity index (χ3n) is 3.38. The number of pyridine rings is 1. The van der Waals surface area contributed by atoms with Gasteiger partial charge in [-0.1, -0.05) is 11.6 Å². The number of aromatic nitrogens is 3. The molecule has 23 heavy (non-hydrogen) atoms. The summed E-state index contributed by atoms with van der Waals surface area (Å²) < 4.78 is 1.89. The predicted molar refractivity (Wildman–Crippen MR) is 92.1 cm³/mol. The normalized spacial score (nSPS) is 10.7. The minimum absolute atomic E-state index is 0.0632.